The van der Waals surface area contributed by atoms with Gasteiger partial charge in [0, 0.05) is 23.9 Å². The lowest BCUT2D eigenvalue weighted by molar-refractivity contribution is -0.117. The van der Waals surface area contributed by atoms with Gasteiger partial charge in [-0.2, -0.15) is 0 Å². The van der Waals surface area contributed by atoms with Crippen LogP contribution in [0.15, 0.2) is 42.5 Å². The topological polar surface area (TPSA) is 47.4 Å². The summed E-state index contributed by atoms with van der Waals surface area (Å²) in [6.07, 6.45) is 5.94. The zero-order chi connectivity index (χ0) is 19.0. The molecule has 5 nitrogen and oxygen atoms in total. The molecule has 1 atom stereocenters. The molecule has 1 aliphatic rings. The molecule has 4 rings (SSSR count). The van der Waals surface area contributed by atoms with E-state index in [1.165, 1.54) is 0 Å². The molecule has 1 amide bonds. The molecule has 2 heterocycles. The molecule has 1 aromatic heterocycles. The minimum absolute atomic E-state index is 0.0138. The fourth-order valence-corrected chi connectivity index (χ4v) is 3.82. The van der Waals surface area contributed by atoms with Gasteiger partial charge in [-0.05, 0) is 30.3 Å². The molecule has 3 aromatic rings. The first kappa shape index (κ1) is 17.4. The van der Waals surface area contributed by atoms with Crippen LogP contribution in [-0.2, 0) is 11.3 Å². The molecule has 1 aliphatic heterocycles. The second-order valence-electron chi connectivity index (χ2n) is 6.47. The first-order valence-corrected chi connectivity index (χ1v) is 9.02. The number of carbonyl (C=O) groups excluding carboxylic acids is 1. The molecule has 0 spiro atoms. The summed E-state index contributed by atoms with van der Waals surface area (Å²) in [7, 11) is 1.58. The lowest BCUT2D eigenvalue weighted by Gasteiger charge is -2.20. The number of para-hydroxylation sites is 2. The number of rotatable bonds is 4. The lowest BCUT2D eigenvalue weighted by Crippen LogP contribution is -2.25. The van der Waals surface area contributed by atoms with Crippen LogP contribution in [0.4, 0.5) is 5.69 Å². The Kier molecular flexibility index (Phi) is 4.51. The van der Waals surface area contributed by atoms with Gasteiger partial charge < -0.3 is 14.2 Å². The number of methoxy groups -OCH3 is 1. The van der Waals surface area contributed by atoms with Crippen molar-refractivity contribution < 1.29 is 9.53 Å². The number of hydrogen-bond donors (Lipinski definition) is 0. The van der Waals surface area contributed by atoms with E-state index >= 15 is 0 Å². The zero-order valence-electron chi connectivity index (χ0n) is 14.9. The van der Waals surface area contributed by atoms with Crippen molar-refractivity contribution >= 4 is 34.2 Å². The van der Waals surface area contributed by atoms with Crippen molar-refractivity contribution in [3.8, 4) is 18.1 Å². The highest BCUT2D eigenvalue weighted by molar-refractivity contribution is 6.31. The van der Waals surface area contributed by atoms with Gasteiger partial charge in [0.2, 0.25) is 5.91 Å². The van der Waals surface area contributed by atoms with E-state index < -0.39 is 0 Å². The van der Waals surface area contributed by atoms with Gasteiger partial charge >= 0.3 is 0 Å². The van der Waals surface area contributed by atoms with Crippen LogP contribution in [0.5, 0.6) is 5.75 Å². The average Bonchev–Trinajstić information content (AvgIpc) is 3.23. The number of terminal acetylenes is 1. The lowest BCUT2D eigenvalue weighted by atomic mass is 10.1. The summed E-state index contributed by atoms with van der Waals surface area (Å²) in [5, 5.41) is 0.557. The molecule has 6 heteroatoms. The highest BCUT2D eigenvalue weighted by Gasteiger charge is 2.36. The normalized spacial score (nSPS) is 16.7. The molecule has 27 heavy (non-hydrogen) atoms. The van der Waals surface area contributed by atoms with Gasteiger partial charge in [0.15, 0.2) is 0 Å². The zero-order valence-corrected chi connectivity index (χ0v) is 15.6. The molecule has 1 saturated heterocycles. The van der Waals surface area contributed by atoms with E-state index in [1.54, 1.807) is 30.2 Å². The Balaban J connectivity index is 1.73. The summed E-state index contributed by atoms with van der Waals surface area (Å²) in [5.74, 6) is 4.11. The van der Waals surface area contributed by atoms with E-state index in [9.17, 15) is 4.79 Å². The third-order valence-corrected chi connectivity index (χ3v) is 5.09. The molecule has 0 bridgehead atoms. The van der Waals surface area contributed by atoms with Crippen molar-refractivity contribution in [2.75, 3.05) is 18.6 Å². The predicted octanol–water partition coefficient (Wildman–Crippen LogP) is 3.85. The van der Waals surface area contributed by atoms with Gasteiger partial charge in [-0.15, -0.1) is 6.42 Å². The summed E-state index contributed by atoms with van der Waals surface area (Å²) in [6.45, 7) is 0.921. The molecule has 0 aliphatic carbocycles. The number of halogens is 1. The highest BCUT2D eigenvalue weighted by atomic mass is 35.5. The molecule has 0 radical (unpaired) electrons. The van der Waals surface area contributed by atoms with Crippen molar-refractivity contribution in [2.24, 2.45) is 0 Å². The number of nitrogens with zero attached hydrogens (tertiary/aromatic N) is 3. The maximum absolute atomic E-state index is 12.8. The number of fused-ring (bicyclic) bond motifs is 1. The van der Waals surface area contributed by atoms with Crippen molar-refractivity contribution in [3.63, 3.8) is 0 Å². The Hall–Kier alpha value is -2.97. The van der Waals surface area contributed by atoms with Crippen molar-refractivity contribution in [1.29, 1.82) is 0 Å². The number of anilines is 1. The number of aromatic nitrogens is 2. The maximum atomic E-state index is 12.8. The molecular weight excluding hydrogens is 362 g/mol. The molecule has 1 unspecified atom stereocenters. The Labute approximate surface area is 162 Å². The largest absolute Gasteiger partial charge is 0.495 e. The number of ether oxygens (including phenoxy) is 1. The van der Waals surface area contributed by atoms with Crippen LogP contribution in [0.2, 0.25) is 5.02 Å². The minimum atomic E-state index is -0.0538. The summed E-state index contributed by atoms with van der Waals surface area (Å²) in [5.41, 5.74) is 2.54. The number of benzene rings is 2. The molecule has 2 aromatic carbocycles. The van der Waals surface area contributed by atoms with Crippen LogP contribution in [0.3, 0.4) is 0 Å². The van der Waals surface area contributed by atoms with Gasteiger partial charge in [0.1, 0.15) is 11.6 Å². The van der Waals surface area contributed by atoms with Crippen molar-refractivity contribution in [2.45, 2.75) is 18.9 Å². The van der Waals surface area contributed by atoms with Crippen LogP contribution >= 0.6 is 11.6 Å². The highest BCUT2D eigenvalue weighted by Crippen LogP contribution is 2.38. The van der Waals surface area contributed by atoms with E-state index in [0.717, 1.165) is 16.9 Å². The number of hydrogen-bond acceptors (Lipinski definition) is 3. The van der Waals surface area contributed by atoms with Crippen LogP contribution in [-0.4, -0.2) is 29.1 Å². The summed E-state index contributed by atoms with van der Waals surface area (Å²) >= 11 is 6.14. The van der Waals surface area contributed by atoms with Crippen molar-refractivity contribution in [1.82, 2.24) is 9.55 Å². The van der Waals surface area contributed by atoms with E-state index in [-0.39, 0.29) is 11.8 Å². The second kappa shape index (κ2) is 6.98. The third kappa shape index (κ3) is 3.02. The maximum Gasteiger partial charge on any atom is 0.227 e. The summed E-state index contributed by atoms with van der Waals surface area (Å²) in [4.78, 5) is 19.3. The van der Waals surface area contributed by atoms with Gasteiger partial charge in [0.05, 0.1) is 30.4 Å². The Bertz CT molecular complexity index is 1070. The van der Waals surface area contributed by atoms with Gasteiger partial charge in [0.25, 0.3) is 0 Å². The molecule has 136 valence electrons. The van der Waals surface area contributed by atoms with E-state index in [2.05, 4.69) is 5.92 Å². The average molecular weight is 380 g/mol. The van der Waals surface area contributed by atoms with Gasteiger partial charge in [-0.1, -0.05) is 29.7 Å². The summed E-state index contributed by atoms with van der Waals surface area (Å²) in [6, 6.07) is 13.1. The Morgan fingerprint density at radius 2 is 2.15 bits per heavy atom. The van der Waals surface area contributed by atoms with E-state index in [0.29, 0.717) is 36.0 Å². The summed E-state index contributed by atoms with van der Waals surface area (Å²) < 4.78 is 7.43. The fraction of sp³-hybridized carbons (Fsp3) is 0.238. The van der Waals surface area contributed by atoms with Crippen LogP contribution in [0.25, 0.3) is 11.0 Å². The van der Waals surface area contributed by atoms with Crippen LogP contribution < -0.4 is 9.64 Å². The molecule has 0 saturated carbocycles. The SMILES string of the molecule is C#CCn1c(C2CC(=O)N(c3cc(Cl)ccc3OC)C2)nc2ccccc21. The van der Waals surface area contributed by atoms with Crippen molar-refractivity contribution in [3.05, 3.63) is 53.3 Å². The predicted molar refractivity (Wildman–Crippen MR) is 106 cm³/mol. The van der Waals surface area contributed by atoms with Gasteiger partial charge in [-0.25, -0.2) is 4.98 Å². The number of imidazole rings is 1. The first-order valence-electron chi connectivity index (χ1n) is 8.65. The Morgan fingerprint density at radius 3 is 2.93 bits per heavy atom. The monoisotopic (exact) mass is 379 g/mol. The first-order chi connectivity index (χ1) is 13.1. The number of amides is 1. The quantitative estimate of drug-likeness (QED) is 0.647. The van der Waals surface area contributed by atoms with E-state index in [1.807, 2.05) is 28.8 Å². The minimum Gasteiger partial charge on any atom is -0.495 e. The number of carbonyl (C=O) groups is 1. The fourth-order valence-electron chi connectivity index (χ4n) is 3.65. The Morgan fingerprint density at radius 1 is 1.33 bits per heavy atom. The van der Waals surface area contributed by atoms with Crippen LogP contribution in [0.1, 0.15) is 18.2 Å². The van der Waals surface area contributed by atoms with Gasteiger partial charge in [-0.3, -0.25) is 4.79 Å². The standard InChI is InChI=1S/C21H18ClN3O2/c1-3-10-24-17-7-5-4-6-16(17)23-21(24)14-11-20(26)25(13-14)18-12-15(22)8-9-19(18)27-2/h1,4-9,12,14H,10-11,13H2,2H3. The molecular formula is C21H18ClN3O2. The second-order valence-corrected chi connectivity index (χ2v) is 6.91. The van der Waals surface area contributed by atoms with Crippen LogP contribution in [0, 0.1) is 12.3 Å². The van der Waals surface area contributed by atoms with E-state index in [4.69, 9.17) is 27.7 Å². The molecule has 0 N–H and O–H groups in total. The third-order valence-electron chi connectivity index (χ3n) is 4.86. The molecule has 1 fully saturated rings. The smallest absolute Gasteiger partial charge is 0.227 e.